The fraction of sp³-hybridized carbons (Fsp3) is 0.538. The second-order valence-corrected chi connectivity index (χ2v) is 4.32. The van der Waals surface area contributed by atoms with Gasteiger partial charge in [-0.05, 0) is 32.1 Å². The summed E-state index contributed by atoms with van der Waals surface area (Å²) in [6.45, 7) is 4.74. The summed E-state index contributed by atoms with van der Waals surface area (Å²) < 4.78 is 26.2. The summed E-state index contributed by atoms with van der Waals surface area (Å²) in [6.07, 6.45) is 1.10. The van der Waals surface area contributed by atoms with Crippen molar-refractivity contribution in [2.75, 3.05) is 38.6 Å². The van der Waals surface area contributed by atoms with E-state index in [9.17, 15) is 8.78 Å². The molecule has 0 amide bonds. The van der Waals surface area contributed by atoms with E-state index >= 15 is 0 Å². The van der Waals surface area contributed by atoms with Gasteiger partial charge in [0.15, 0.2) is 0 Å². The predicted octanol–water partition coefficient (Wildman–Crippen LogP) is 2.74. The third kappa shape index (κ3) is 4.30. The van der Waals surface area contributed by atoms with Gasteiger partial charge in [0.05, 0.1) is 5.69 Å². The van der Waals surface area contributed by atoms with E-state index in [0.717, 1.165) is 32.1 Å². The molecule has 0 aliphatic rings. The largest absolute Gasteiger partial charge is 0.371 e. The molecule has 0 radical (unpaired) electrons. The number of halogens is 2. The first-order valence-corrected chi connectivity index (χ1v) is 5.89. The van der Waals surface area contributed by atoms with E-state index in [1.54, 1.807) is 4.90 Å². The van der Waals surface area contributed by atoms with Gasteiger partial charge in [0.2, 0.25) is 0 Å². The molecular formula is C13H20F2N2. The molecule has 4 heteroatoms. The van der Waals surface area contributed by atoms with E-state index in [1.807, 2.05) is 14.1 Å². The first-order chi connectivity index (χ1) is 8.04. The zero-order valence-electron chi connectivity index (χ0n) is 10.7. The maximum atomic E-state index is 13.5. The van der Waals surface area contributed by atoms with Crippen LogP contribution in [0.4, 0.5) is 14.5 Å². The molecule has 0 bridgehead atoms. The van der Waals surface area contributed by atoms with Gasteiger partial charge < -0.3 is 9.80 Å². The molecule has 17 heavy (non-hydrogen) atoms. The van der Waals surface area contributed by atoms with Crippen LogP contribution < -0.4 is 4.90 Å². The van der Waals surface area contributed by atoms with Crippen molar-refractivity contribution in [1.82, 2.24) is 4.90 Å². The van der Waals surface area contributed by atoms with E-state index in [4.69, 9.17) is 0 Å². The molecule has 0 fully saturated rings. The number of nitrogens with zero attached hydrogens (tertiary/aromatic N) is 2. The Balaban J connectivity index is 2.54. The van der Waals surface area contributed by atoms with E-state index in [0.29, 0.717) is 5.69 Å². The summed E-state index contributed by atoms with van der Waals surface area (Å²) in [6, 6.07) is 3.68. The van der Waals surface area contributed by atoms with Gasteiger partial charge in [0.1, 0.15) is 11.6 Å². The summed E-state index contributed by atoms with van der Waals surface area (Å²) in [4.78, 5) is 4.00. The summed E-state index contributed by atoms with van der Waals surface area (Å²) >= 11 is 0. The molecule has 1 aromatic carbocycles. The van der Waals surface area contributed by atoms with Crippen molar-refractivity contribution in [3.63, 3.8) is 0 Å². The van der Waals surface area contributed by atoms with Crippen LogP contribution in [0.2, 0.25) is 0 Å². The Kier molecular flexibility index (Phi) is 5.35. The van der Waals surface area contributed by atoms with E-state index in [-0.39, 0.29) is 0 Å². The highest BCUT2D eigenvalue weighted by Gasteiger charge is 2.09. The minimum absolute atomic E-state index is 0.441. The van der Waals surface area contributed by atoms with Crippen molar-refractivity contribution in [3.05, 3.63) is 29.8 Å². The van der Waals surface area contributed by atoms with Crippen LogP contribution in [0.1, 0.15) is 13.3 Å². The van der Waals surface area contributed by atoms with E-state index < -0.39 is 11.6 Å². The Morgan fingerprint density at radius 2 is 1.76 bits per heavy atom. The number of hydrogen-bond donors (Lipinski definition) is 0. The lowest BCUT2D eigenvalue weighted by atomic mass is 10.2. The highest BCUT2D eigenvalue weighted by atomic mass is 19.1. The highest BCUT2D eigenvalue weighted by molar-refractivity contribution is 5.46. The molecule has 0 saturated heterocycles. The molecular weight excluding hydrogens is 222 g/mol. The van der Waals surface area contributed by atoms with E-state index in [1.165, 1.54) is 12.1 Å². The summed E-state index contributed by atoms with van der Waals surface area (Å²) in [5, 5.41) is 0. The minimum Gasteiger partial charge on any atom is -0.371 e. The van der Waals surface area contributed by atoms with Crippen LogP contribution in [0, 0.1) is 11.6 Å². The molecule has 0 spiro atoms. The van der Waals surface area contributed by atoms with Crippen molar-refractivity contribution in [3.8, 4) is 0 Å². The van der Waals surface area contributed by atoms with Crippen LogP contribution in [0.5, 0.6) is 0 Å². The number of likely N-dealkylation sites (N-methyl/N-ethyl adjacent to an activating group) is 2. The maximum absolute atomic E-state index is 13.5. The zero-order chi connectivity index (χ0) is 12.8. The number of anilines is 1. The van der Waals surface area contributed by atoms with Gasteiger partial charge in [0, 0.05) is 26.2 Å². The molecule has 2 nitrogen and oxygen atoms in total. The molecule has 0 aromatic heterocycles. The molecule has 96 valence electrons. The zero-order valence-corrected chi connectivity index (χ0v) is 10.7. The molecule has 0 heterocycles. The topological polar surface area (TPSA) is 6.48 Å². The van der Waals surface area contributed by atoms with Crippen LogP contribution in [0.25, 0.3) is 0 Å². The number of benzene rings is 1. The molecule has 0 unspecified atom stereocenters. The summed E-state index contributed by atoms with van der Waals surface area (Å²) in [7, 11) is 3.86. The highest BCUT2D eigenvalue weighted by Crippen LogP contribution is 2.18. The third-order valence-electron chi connectivity index (χ3n) is 2.74. The monoisotopic (exact) mass is 242 g/mol. The number of hydrogen-bond acceptors (Lipinski definition) is 2. The molecule has 0 saturated carbocycles. The second-order valence-electron chi connectivity index (χ2n) is 4.32. The smallest absolute Gasteiger partial charge is 0.149 e. The molecule has 1 rings (SSSR count). The van der Waals surface area contributed by atoms with Gasteiger partial charge in [-0.25, -0.2) is 8.78 Å². The fourth-order valence-corrected chi connectivity index (χ4v) is 1.73. The Morgan fingerprint density at radius 3 is 2.35 bits per heavy atom. The normalized spacial score (nSPS) is 10.9. The predicted molar refractivity (Wildman–Crippen MR) is 67.4 cm³/mol. The molecule has 0 aliphatic carbocycles. The van der Waals surface area contributed by atoms with Crippen LogP contribution >= 0.6 is 0 Å². The van der Waals surface area contributed by atoms with E-state index in [2.05, 4.69) is 11.8 Å². The minimum atomic E-state index is -0.539. The lowest BCUT2D eigenvalue weighted by Gasteiger charge is -2.23. The first-order valence-electron chi connectivity index (χ1n) is 5.89. The number of rotatable bonds is 6. The van der Waals surface area contributed by atoms with Crippen molar-refractivity contribution in [2.24, 2.45) is 0 Å². The summed E-state index contributed by atoms with van der Waals surface area (Å²) in [5.41, 5.74) is 0.441. The van der Waals surface area contributed by atoms with Crippen LogP contribution in [0.15, 0.2) is 18.2 Å². The van der Waals surface area contributed by atoms with Gasteiger partial charge in [0.25, 0.3) is 0 Å². The standard InChI is InChI=1S/C13H20F2N2/c1-4-7-16(2)8-9-17(3)13-6-5-11(14)10-12(13)15/h5-6,10H,4,7-9H2,1-3H3. The van der Waals surface area contributed by atoms with Crippen molar-refractivity contribution in [2.45, 2.75) is 13.3 Å². The lowest BCUT2D eigenvalue weighted by molar-refractivity contribution is 0.342. The van der Waals surface area contributed by atoms with Crippen LogP contribution in [0.3, 0.4) is 0 Å². The van der Waals surface area contributed by atoms with Gasteiger partial charge in [-0.2, -0.15) is 0 Å². The van der Waals surface area contributed by atoms with Gasteiger partial charge in [-0.1, -0.05) is 6.92 Å². The first kappa shape index (κ1) is 13.9. The Hall–Kier alpha value is -1.16. The van der Waals surface area contributed by atoms with Crippen LogP contribution in [-0.4, -0.2) is 38.6 Å². The molecule has 1 aromatic rings. The van der Waals surface area contributed by atoms with Gasteiger partial charge >= 0.3 is 0 Å². The quantitative estimate of drug-likeness (QED) is 0.757. The lowest BCUT2D eigenvalue weighted by Crippen LogP contribution is -2.31. The average molecular weight is 242 g/mol. The third-order valence-corrected chi connectivity index (χ3v) is 2.74. The van der Waals surface area contributed by atoms with Crippen molar-refractivity contribution in [1.29, 1.82) is 0 Å². The maximum Gasteiger partial charge on any atom is 0.149 e. The second kappa shape index (κ2) is 6.55. The Labute approximate surface area is 102 Å². The Morgan fingerprint density at radius 1 is 1.06 bits per heavy atom. The Bertz CT molecular complexity index is 355. The van der Waals surface area contributed by atoms with Gasteiger partial charge in [-0.3, -0.25) is 0 Å². The SMILES string of the molecule is CCCN(C)CCN(C)c1ccc(F)cc1F. The summed E-state index contributed by atoms with van der Waals surface area (Å²) in [5.74, 6) is -1.05. The van der Waals surface area contributed by atoms with Crippen LogP contribution in [-0.2, 0) is 0 Å². The fourth-order valence-electron chi connectivity index (χ4n) is 1.73. The average Bonchev–Trinajstić information content (AvgIpc) is 2.26. The molecule has 0 atom stereocenters. The van der Waals surface area contributed by atoms with Gasteiger partial charge in [-0.15, -0.1) is 0 Å². The van der Waals surface area contributed by atoms with Crippen molar-refractivity contribution >= 4 is 5.69 Å². The molecule has 0 aliphatic heterocycles. The van der Waals surface area contributed by atoms with Crippen molar-refractivity contribution < 1.29 is 8.78 Å². The molecule has 0 N–H and O–H groups in total.